The summed E-state index contributed by atoms with van der Waals surface area (Å²) in [5.41, 5.74) is 10.4. The fourth-order valence-electron chi connectivity index (χ4n) is 2.88. The third-order valence-corrected chi connectivity index (χ3v) is 4.14. The predicted molar refractivity (Wildman–Crippen MR) is 86.1 cm³/mol. The van der Waals surface area contributed by atoms with Gasteiger partial charge in [-0.3, -0.25) is 0 Å². The summed E-state index contributed by atoms with van der Waals surface area (Å²) in [5, 5.41) is 10.4. The van der Waals surface area contributed by atoms with E-state index in [4.69, 9.17) is 5.73 Å². The van der Waals surface area contributed by atoms with Gasteiger partial charge in [0.2, 0.25) is 0 Å². The van der Waals surface area contributed by atoms with E-state index in [0.29, 0.717) is 12.1 Å². The quantitative estimate of drug-likeness (QED) is 0.911. The van der Waals surface area contributed by atoms with E-state index in [1.165, 1.54) is 0 Å². The van der Waals surface area contributed by atoms with Crippen molar-refractivity contribution >= 4 is 16.9 Å². The summed E-state index contributed by atoms with van der Waals surface area (Å²) in [6.45, 7) is 11.7. The predicted octanol–water partition coefficient (Wildman–Crippen LogP) is 3.21. The second kappa shape index (κ2) is 5.19. The molecule has 1 aromatic carbocycles. The van der Waals surface area contributed by atoms with Gasteiger partial charge in [0.15, 0.2) is 0 Å². The molecule has 1 heterocycles. The maximum Gasteiger partial charge on any atom is 0.335 e. The first-order chi connectivity index (χ1) is 9.68. The molecule has 0 spiro atoms. The van der Waals surface area contributed by atoms with Gasteiger partial charge in [0.1, 0.15) is 0 Å². The van der Waals surface area contributed by atoms with E-state index < -0.39 is 5.97 Å². The lowest BCUT2D eigenvalue weighted by molar-refractivity contribution is 0.0697. The molecule has 3 N–H and O–H groups in total. The number of aromatic nitrogens is 1. The molecule has 0 saturated carbocycles. The number of rotatable bonds is 3. The maximum absolute atomic E-state index is 11.4. The van der Waals surface area contributed by atoms with Gasteiger partial charge in [-0.05, 0) is 42.5 Å². The highest BCUT2D eigenvalue weighted by Gasteiger charge is 2.24. The molecule has 114 valence electrons. The van der Waals surface area contributed by atoms with Crippen LogP contribution in [0, 0.1) is 13.8 Å². The van der Waals surface area contributed by atoms with Crippen LogP contribution >= 0.6 is 0 Å². The number of carbonyl (C=O) groups is 1. The van der Waals surface area contributed by atoms with Crippen LogP contribution in [0.5, 0.6) is 0 Å². The lowest BCUT2D eigenvalue weighted by Crippen LogP contribution is -2.17. The van der Waals surface area contributed by atoms with Gasteiger partial charge in [-0.1, -0.05) is 20.8 Å². The van der Waals surface area contributed by atoms with Crippen LogP contribution < -0.4 is 5.73 Å². The van der Waals surface area contributed by atoms with E-state index in [1.54, 1.807) is 12.1 Å². The molecule has 4 nitrogen and oxygen atoms in total. The van der Waals surface area contributed by atoms with Crippen molar-refractivity contribution in [2.24, 2.45) is 5.73 Å². The average molecular weight is 288 g/mol. The van der Waals surface area contributed by atoms with Gasteiger partial charge in [0, 0.05) is 24.2 Å². The van der Waals surface area contributed by atoms with Gasteiger partial charge in [-0.2, -0.15) is 0 Å². The van der Waals surface area contributed by atoms with E-state index in [0.717, 1.165) is 34.3 Å². The van der Waals surface area contributed by atoms with E-state index in [1.807, 2.05) is 6.92 Å². The Balaban J connectivity index is 2.96. The number of hydrogen-bond donors (Lipinski definition) is 2. The van der Waals surface area contributed by atoms with Gasteiger partial charge < -0.3 is 15.4 Å². The molecule has 0 saturated heterocycles. The van der Waals surface area contributed by atoms with Crippen LogP contribution in [-0.2, 0) is 12.0 Å². The number of hydrogen-bond acceptors (Lipinski definition) is 2. The molecular weight excluding hydrogens is 264 g/mol. The minimum atomic E-state index is -0.883. The van der Waals surface area contributed by atoms with Crippen LogP contribution in [0.25, 0.3) is 10.9 Å². The van der Waals surface area contributed by atoms with Crippen molar-refractivity contribution < 1.29 is 9.90 Å². The third kappa shape index (κ3) is 2.56. The summed E-state index contributed by atoms with van der Waals surface area (Å²) < 4.78 is 2.22. The Morgan fingerprint density at radius 1 is 1.29 bits per heavy atom. The van der Waals surface area contributed by atoms with Crippen molar-refractivity contribution in [1.29, 1.82) is 0 Å². The molecule has 0 atom stereocenters. The standard InChI is InChI=1S/C17H24N2O2/c1-10-11(2)19(7-6-18)15-13(10)8-12(16(20)21)9-14(15)17(3,4)5/h8-9H,6-7,18H2,1-5H3,(H,20,21). The maximum atomic E-state index is 11.4. The Morgan fingerprint density at radius 2 is 1.90 bits per heavy atom. The molecule has 0 aliphatic carbocycles. The fraction of sp³-hybridized carbons (Fsp3) is 0.471. The van der Waals surface area contributed by atoms with Gasteiger partial charge in [-0.15, -0.1) is 0 Å². The summed E-state index contributed by atoms with van der Waals surface area (Å²) in [7, 11) is 0. The summed E-state index contributed by atoms with van der Waals surface area (Å²) in [4.78, 5) is 11.4. The number of aryl methyl sites for hydroxylation is 1. The molecule has 0 unspecified atom stereocenters. The van der Waals surface area contributed by atoms with Crippen molar-refractivity contribution in [3.63, 3.8) is 0 Å². The Bertz CT molecular complexity index is 706. The zero-order valence-corrected chi connectivity index (χ0v) is 13.4. The van der Waals surface area contributed by atoms with Crippen LogP contribution in [0.2, 0.25) is 0 Å². The highest BCUT2D eigenvalue weighted by Crippen LogP contribution is 2.35. The Morgan fingerprint density at radius 3 is 2.38 bits per heavy atom. The van der Waals surface area contributed by atoms with Crippen LogP contribution in [0.1, 0.15) is 48.0 Å². The molecule has 2 rings (SSSR count). The van der Waals surface area contributed by atoms with Crippen molar-refractivity contribution in [1.82, 2.24) is 4.57 Å². The van der Waals surface area contributed by atoms with Crippen LogP contribution in [0.4, 0.5) is 0 Å². The first kappa shape index (κ1) is 15.6. The molecule has 2 aromatic rings. The molecule has 1 aromatic heterocycles. The molecule has 4 heteroatoms. The van der Waals surface area contributed by atoms with E-state index in [9.17, 15) is 9.90 Å². The van der Waals surface area contributed by atoms with Crippen LogP contribution in [0.15, 0.2) is 12.1 Å². The average Bonchev–Trinajstić information content (AvgIpc) is 2.62. The molecular formula is C17H24N2O2. The number of fused-ring (bicyclic) bond motifs is 1. The lowest BCUT2D eigenvalue weighted by atomic mass is 9.84. The van der Waals surface area contributed by atoms with Gasteiger partial charge in [0.05, 0.1) is 11.1 Å². The Labute approximate surface area is 125 Å². The highest BCUT2D eigenvalue weighted by atomic mass is 16.4. The van der Waals surface area contributed by atoms with Crippen LogP contribution in [0.3, 0.4) is 0 Å². The van der Waals surface area contributed by atoms with E-state index in [2.05, 4.69) is 32.3 Å². The summed E-state index contributed by atoms with van der Waals surface area (Å²) in [6.07, 6.45) is 0. The van der Waals surface area contributed by atoms with E-state index >= 15 is 0 Å². The second-order valence-electron chi connectivity index (χ2n) is 6.63. The SMILES string of the molecule is Cc1c(C)n(CCN)c2c(C(C)(C)C)cc(C(=O)O)cc12. The number of nitrogens with zero attached hydrogens (tertiary/aromatic N) is 1. The van der Waals surface area contributed by atoms with Gasteiger partial charge in [-0.25, -0.2) is 4.79 Å². The molecule has 0 bridgehead atoms. The first-order valence-electron chi connectivity index (χ1n) is 7.25. The molecule has 0 radical (unpaired) electrons. The molecule has 0 fully saturated rings. The topological polar surface area (TPSA) is 68.2 Å². The minimum absolute atomic E-state index is 0.132. The zero-order valence-electron chi connectivity index (χ0n) is 13.4. The van der Waals surface area contributed by atoms with Crippen molar-refractivity contribution in [2.75, 3.05) is 6.54 Å². The highest BCUT2D eigenvalue weighted by molar-refractivity contribution is 5.97. The summed E-state index contributed by atoms with van der Waals surface area (Å²) in [6, 6.07) is 3.58. The van der Waals surface area contributed by atoms with Crippen LogP contribution in [-0.4, -0.2) is 22.2 Å². The van der Waals surface area contributed by atoms with E-state index in [-0.39, 0.29) is 5.41 Å². The van der Waals surface area contributed by atoms with Crippen molar-refractivity contribution in [3.05, 3.63) is 34.5 Å². The first-order valence-corrected chi connectivity index (χ1v) is 7.25. The number of aromatic carboxylic acids is 1. The van der Waals surface area contributed by atoms with Crippen molar-refractivity contribution in [3.8, 4) is 0 Å². The number of carboxylic acids is 1. The largest absolute Gasteiger partial charge is 0.478 e. The molecule has 0 amide bonds. The smallest absolute Gasteiger partial charge is 0.335 e. The number of benzene rings is 1. The fourth-order valence-corrected chi connectivity index (χ4v) is 2.88. The van der Waals surface area contributed by atoms with Gasteiger partial charge >= 0.3 is 5.97 Å². The third-order valence-electron chi connectivity index (χ3n) is 4.14. The minimum Gasteiger partial charge on any atom is -0.478 e. The molecule has 21 heavy (non-hydrogen) atoms. The monoisotopic (exact) mass is 288 g/mol. The Hall–Kier alpha value is -1.81. The second-order valence-corrected chi connectivity index (χ2v) is 6.63. The molecule has 0 aliphatic heterocycles. The lowest BCUT2D eigenvalue weighted by Gasteiger charge is -2.23. The molecule has 0 aliphatic rings. The number of carboxylic acid groups (broad SMARTS) is 1. The zero-order chi connectivity index (χ0) is 15.9. The Kier molecular flexibility index (Phi) is 3.85. The van der Waals surface area contributed by atoms with Crippen molar-refractivity contribution in [2.45, 2.75) is 46.6 Å². The number of nitrogens with two attached hydrogens (primary N) is 1. The normalized spacial score (nSPS) is 12.1. The summed E-state index contributed by atoms with van der Waals surface area (Å²) >= 11 is 0. The summed E-state index contributed by atoms with van der Waals surface area (Å²) in [5.74, 6) is -0.883. The van der Waals surface area contributed by atoms with Gasteiger partial charge in [0.25, 0.3) is 0 Å².